The number of thiazole rings is 2. The number of amides is 1. The number of rotatable bonds is 7. The molecule has 0 radical (unpaired) electrons. The van der Waals surface area contributed by atoms with Crippen molar-refractivity contribution in [2.75, 3.05) is 32.6 Å². The summed E-state index contributed by atoms with van der Waals surface area (Å²) in [5.41, 5.74) is 2.15. The van der Waals surface area contributed by atoms with Crippen LogP contribution >= 0.6 is 22.7 Å². The summed E-state index contributed by atoms with van der Waals surface area (Å²) >= 11 is 2.82. The average molecular weight is 475 g/mol. The molecular formula is C22H26N4O4S2. The zero-order valence-electron chi connectivity index (χ0n) is 18.5. The molecule has 0 saturated carbocycles. The molecule has 3 heterocycles. The van der Waals surface area contributed by atoms with Gasteiger partial charge in [-0.15, -0.1) is 22.7 Å². The van der Waals surface area contributed by atoms with E-state index >= 15 is 0 Å². The minimum atomic E-state index is -0.275. The number of anilines is 1. The van der Waals surface area contributed by atoms with E-state index in [2.05, 4.69) is 34.0 Å². The van der Waals surface area contributed by atoms with E-state index in [9.17, 15) is 4.79 Å². The number of aromatic nitrogens is 2. The molecule has 4 rings (SSSR count). The fourth-order valence-corrected chi connectivity index (χ4v) is 5.21. The van der Waals surface area contributed by atoms with Crippen LogP contribution in [0.2, 0.25) is 0 Å². The molecule has 1 aliphatic rings. The highest BCUT2D eigenvalue weighted by Crippen LogP contribution is 2.33. The molecule has 3 aromatic rings. The van der Waals surface area contributed by atoms with Crippen molar-refractivity contribution in [3.63, 3.8) is 0 Å². The van der Waals surface area contributed by atoms with Crippen LogP contribution in [0.25, 0.3) is 10.6 Å². The molecule has 8 nitrogen and oxygen atoms in total. The van der Waals surface area contributed by atoms with Gasteiger partial charge in [-0.05, 0) is 32.0 Å². The Morgan fingerprint density at radius 3 is 2.59 bits per heavy atom. The summed E-state index contributed by atoms with van der Waals surface area (Å²) in [6.07, 6.45) is 0.419. The van der Waals surface area contributed by atoms with Crippen LogP contribution in [0.5, 0.6) is 11.5 Å². The van der Waals surface area contributed by atoms with Crippen molar-refractivity contribution in [1.82, 2.24) is 14.9 Å². The standard InChI is InChI=1S/C22H26N4O4S2/c1-13-8-26(9-14(2)30-13)10-16-11-32-22(23-16)25-20(27)17-12-31-21(24-17)15-5-6-18(28-3)19(7-15)29-4/h5-7,11-14H,8-10H2,1-4H3,(H,23,25,27). The van der Waals surface area contributed by atoms with Crippen molar-refractivity contribution < 1.29 is 19.0 Å². The topological polar surface area (TPSA) is 85.8 Å². The number of nitrogens with zero attached hydrogens (tertiary/aromatic N) is 3. The van der Waals surface area contributed by atoms with Crippen molar-refractivity contribution in [3.05, 3.63) is 40.3 Å². The molecule has 0 aliphatic carbocycles. The van der Waals surface area contributed by atoms with Crippen molar-refractivity contribution in [1.29, 1.82) is 0 Å². The Labute approximate surface area is 195 Å². The molecule has 1 N–H and O–H groups in total. The van der Waals surface area contributed by atoms with E-state index in [1.165, 1.54) is 22.7 Å². The maximum atomic E-state index is 12.7. The first-order chi connectivity index (χ1) is 15.4. The Bertz CT molecular complexity index is 1070. The Balaban J connectivity index is 1.40. The summed E-state index contributed by atoms with van der Waals surface area (Å²) in [7, 11) is 3.18. The minimum Gasteiger partial charge on any atom is -0.493 e. The number of hydrogen-bond donors (Lipinski definition) is 1. The summed E-state index contributed by atoms with van der Waals surface area (Å²) in [6, 6.07) is 5.56. The maximum Gasteiger partial charge on any atom is 0.276 e. The van der Waals surface area contributed by atoms with Gasteiger partial charge in [0.15, 0.2) is 16.6 Å². The van der Waals surface area contributed by atoms with Crippen LogP contribution in [-0.4, -0.2) is 60.3 Å². The van der Waals surface area contributed by atoms with Crippen molar-refractivity contribution in [3.8, 4) is 22.1 Å². The average Bonchev–Trinajstić information content (AvgIpc) is 3.42. The highest BCUT2D eigenvalue weighted by atomic mass is 32.1. The molecule has 2 aromatic heterocycles. The number of ether oxygens (including phenoxy) is 3. The lowest BCUT2D eigenvalue weighted by atomic mass is 10.2. The molecule has 2 unspecified atom stereocenters. The highest BCUT2D eigenvalue weighted by molar-refractivity contribution is 7.14. The molecule has 0 bridgehead atoms. The Hall–Kier alpha value is -2.53. The Morgan fingerprint density at radius 2 is 1.88 bits per heavy atom. The van der Waals surface area contributed by atoms with Gasteiger partial charge < -0.3 is 14.2 Å². The molecule has 0 spiro atoms. The van der Waals surface area contributed by atoms with Crippen LogP contribution in [0.4, 0.5) is 5.13 Å². The predicted molar refractivity (Wildman–Crippen MR) is 126 cm³/mol. The number of hydrogen-bond acceptors (Lipinski definition) is 9. The number of nitrogens with one attached hydrogen (secondary N) is 1. The smallest absolute Gasteiger partial charge is 0.276 e. The van der Waals surface area contributed by atoms with Gasteiger partial charge in [0.05, 0.1) is 32.1 Å². The first-order valence-corrected chi connectivity index (χ1v) is 12.0. The van der Waals surface area contributed by atoms with Crippen LogP contribution in [0.3, 0.4) is 0 Å². The molecular weight excluding hydrogens is 448 g/mol. The van der Waals surface area contributed by atoms with Crippen LogP contribution in [0.15, 0.2) is 29.0 Å². The number of morpholine rings is 1. The molecule has 2 atom stereocenters. The van der Waals surface area contributed by atoms with Gasteiger partial charge in [-0.3, -0.25) is 15.0 Å². The van der Waals surface area contributed by atoms with Crippen LogP contribution in [-0.2, 0) is 11.3 Å². The second-order valence-corrected chi connectivity index (χ2v) is 9.37. The quantitative estimate of drug-likeness (QED) is 0.551. The van der Waals surface area contributed by atoms with Gasteiger partial charge in [0, 0.05) is 36.0 Å². The minimum absolute atomic E-state index is 0.209. The third-order valence-corrected chi connectivity index (χ3v) is 6.72. The number of carbonyl (C=O) groups excluding carboxylic acids is 1. The predicted octanol–water partition coefficient (Wildman–Crippen LogP) is 4.15. The SMILES string of the molecule is COc1ccc(-c2nc(C(=O)Nc3nc(CN4CC(C)OC(C)C4)cs3)cs2)cc1OC. The molecule has 1 saturated heterocycles. The number of methoxy groups -OCH3 is 2. The first-order valence-electron chi connectivity index (χ1n) is 10.3. The molecule has 1 fully saturated rings. The normalized spacial score (nSPS) is 19.0. The van der Waals surface area contributed by atoms with Crippen LogP contribution in [0, 0.1) is 0 Å². The van der Waals surface area contributed by atoms with Crippen molar-refractivity contribution >= 4 is 33.7 Å². The van der Waals surface area contributed by atoms with Crippen LogP contribution < -0.4 is 14.8 Å². The summed E-state index contributed by atoms with van der Waals surface area (Å²) in [5, 5.41) is 7.89. The second-order valence-electron chi connectivity index (χ2n) is 7.66. The summed E-state index contributed by atoms with van der Waals surface area (Å²) in [5.74, 6) is 0.986. The molecule has 1 aliphatic heterocycles. The molecule has 1 aromatic carbocycles. The zero-order valence-corrected chi connectivity index (χ0v) is 20.1. The Morgan fingerprint density at radius 1 is 1.12 bits per heavy atom. The van der Waals surface area contributed by atoms with Gasteiger partial charge >= 0.3 is 0 Å². The summed E-state index contributed by atoms with van der Waals surface area (Å²) < 4.78 is 16.4. The monoisotopic (exact) mass is 474 g/mol. The fraction of sp³-hybridized carbons (Fsp3) is 0.409. The van der Waals surface area contributed by atoms with E-state index < -0.39 is 0 Å². The van der Waals surface area contributed by atoms with Gasteiger partial charge in [-0.2, -0.15) is 0 Å². The number of carbonyl (C=O) groups is 1. The number of benzene rings is 1. The third-order valence-electron chi connectivity index (χ3n) is 5.02. The van der Waals surface area contributed by atoms with Gasteiger partial charge in [0.25, 0.3) is 5.91 Å². The summed E-state index contributed by atoms with van der Waals surface area (Å²) in [4.78, 5) is 24.1. The lowest BCUT2D eigenvalue weighted by Crippen LogP contribution is -2.44. The van der Waals surface area contributed by atoms with E-state index in [1.807, 2.05) is 23.6 Å². The molecule has 10 heteroatoms. The van der Waals surface area contributed by atoms with Crippen molar-refractivity contribution in [2.45, 2.75) is 32.6 Å². The van der Waals surface area contributed by atoms with E-state index in [4.69, 9.17) is 14.2 Å². The largest absolute Gasteiger partial charge is 0.493 e. The van der Waals surface area contributed by atoms with Crippen molar-refractivity contribution in [2.24, 2.45) is 0 Å². The maximum absolute atomic E-state index is 12.7. The van der Waals surface area contributed by atoms with E-state index in [-0.39, 0.29) is 18.1 Å². The van der Waals surface area contributed by atoms with E-state index in [0.717, 1.165) is 35.9 Å². The molecule has 170 valence electrons. The van der Waals surface area contributed by atoms with Crippen LogP contribution in [0.1, 0.15) is 30.0 Å². The van der Waals surface area contributed by atoms with E-state index in [0.29, 0.717) is 22.3 Å². The lowest BCUT2D eigenvalue weighted by Gasteiger charge is -2.34. The Kier molecular flexibility index (Phi) is 7.04. The third kappa shape index (κ3) is 5.26. The lowest BCUT2D eigenvalue weighted by molar-refractivity contribution is -0.0707. The first kappa shape index (κ1) is 22.7. The second kappa shape index (κ2) is 9.95. The van der Waals surface area contributed by atoms with E-state index in [1.54, 1.807) is 19.6 Å². The van der Waals surface area contributed by atoms with Gasteiger partial charge in [0.1, 0.15) is 10.7 Å². The van der Waals surface area contributed by atoms with Gasteiger partial charge in [0.2, 0.25) is 0 Å². The summed E-state index contributed by atoms with van der Waals surface area (Å²) in [6.45, 7) is 6.66. The zero-order chi connectivity index (χ0) is 22.7. The molecule has 1 amide bonds. The van der Waals surface area contributed by atoms with Gasteiger partial charge in [-0.1, -0.05) is 0 Å². The van der Waals surface area contributed by atoms with Gasteiger partial charge in [-0.25, -0.2) is 9.97 Å². The molecule has 32 heavy (non-hydrogen) atoms. The fourth-order valence-electron chi connectivity index (χ4n) is 3.72. The highest BCUT2D eigenvalue weighted by Gasteiger charge is 2.23.